The number of hydrogen-bond donors (Lipinski definition) is 2. The van der Waals surface area contributed by atoms with Gasteiger partial charge in [0.15, 0.2) is 0 Å². The molecule has 0 aromatic heterocycles. The zero-order valence-corrected chi connectivity index (χ0v) is 8.06. The first-order chi connectivity index (χ1) is 5.24. The summed E-state index contributed by atoms with van der Waals surface area (Å²) in [6.45, 7) is 2.74. The number of halogens is 1. The Morgan fingerprint density at radius 2 is 2.45 bits per heavy atom. The highest BCUT2D eigenvalue weighted by Crippen LogP contribution is 2.13. The molecule has 1 atom stereocenters. The van der Waals surface area contributed by atoms with Crippen molar-refractivity contribution in [3.05, 3.63) is 22.3 Å². The number of nitrogens with one attached hydrogen (secondary N) is 1. The molecular formula is C8H12BrNO. The normalized spacial score (nSPS) is 19.9. The molecule has 0 spiro atoms. The van der Waals surface area contributed by atoms with Crippen molar-refractivity contribution >= 4 is 15.9 Å². The fourth-order valence-electron chi connectivity index (χ4n) is 0.933. The summed E-state index contributed by atoms with van der Waals surface area (Å²) in [5.74, 6) is 0. The number of aliphatic hydroxyl groups is 1. The largest absolute Gasteiger partial charge is 0.387 e. The van der Waals surface area contributed by atoms with E-state index in [1.807, 2.05) is 19.1 Å². The Morgan fingerprint density at radius 1 is 1.73 bits per heavy atom. The molecule has 1 aliphatic heterocycles. The van der Waals surface area contributed by atoms with E-state index in [9.17, 15) is 5.11 Å². The molecule has 11 heavy (non-hydrogen) atoms. The van der Waals surface area contributed by atoms with Crippen LogP contribution in [0.3, 0.4) is 0 Å². The van der Waals surface area contributed by atoms with E-state index in [1.54, 1.807) is 0 Å². The fourth-order valence-corrected chi connectivity index (χ4v) is 1.21. The molecular weight excluding hydrogens is 206 g/mol. The Morgan fingerprint density at radius 3 is 2.91 bits per heavy atom. The number of dihydropyridines is 1. The Kier molecular flexibility index (Phi) is 3.15. The first kappa shape index (κ1) is 8.81. The van der Waals surface area contributed by atoms with Crippen LogP contribution >= 0.6 is 15.9 Å². The lowest BCUT2D eigenvalue weighted by atomic mass is 10.1. The topological polar surface area (TPSA) is 32.3 Å². The van der Waals surface area contributed by atoms with Gasteiger partial charge in [-0.25, -0.2) is 0 Å². The van der Waals surface area contributed by atoms with Gasteiger partial charge < -0.3 is 10.4 Å². The molecule has 0 aromatic carbocycles. The van der Waals surface area contributed by atoms with E-state index in [2.05, 4.69) is 21.2 Å². The number of rotatable bonds is 2. The van der Waals surface area contributed by atoms with Crippen molar-refractivity contribution in [3.8, 4) is 0 Å². The van der Waals surface area contributed by atoms with Crippen molar-refractivity contribution in [2.75, 3.05) is 6.54 Å². The van der Waals surface area contributed by atoms with Crippen molar-refractivity contribution in [2.45, 2.75) is 19.4 Å². The minimum Gasteiger partial charge on any atom is -0.387 e. The molecule has 0 aliphatic carbocycles. The molecule has 0 saturated carbocycles. The lowest BCUT2D eigenvalue weighted by molar-refractivity contribution is 0.198. The highest BCUT2D eigenvalue weighted by molar-refractivity contribution is 9.11. The summed E-state index contributed by atoms with van der Waals surface area (Å²) in [4.78, 5) is 0. The van der Waals surface area contributed by atoms with Gasteiger partial charge in [-0.2, -0.15) is 0 Å². The highest BCUT2D eigenvalue weighted by atomic mass is 79.9. The maximum Gasteiger partial charge on any atom is 0.0931 e. The van der Waals surface area contributed by atoms with E-state index in [1.165, 1.54) is 0 Å². The van der Waals surface area contributed by atoms with Gasteiger partial charge in [0, 0.05) is 16.7 Å². The Balaban J connectivity index is 2.60. The molecule has 0 fully saturated rings. The lowest BCUT2D eigenvalue weighted by Crippen LogP contribution is -2.26. The number of allylic oxidation sites excluding steroid dienone is 2. The first-order valence-corrected chi connectivity index (χ1v) is 4.51. The van der Waals surface area contributed by atoms with Crippen molar-refractivity contribution < 1.29 is 5.11 Å². The Labute approximate surface area is 75.1 Å². The highest BCUT2D eigenvalue weighted by Gasteiger charge is 2.09. The van der Waals surface area contributed by atoms with Gasteiger partial charge in [0.2, 0.25) is 0 Å². The molecule has 0 radical (unpaired) electrons. The maximum atomic E-state index is 9.39. The summed E-state index contributed by atoms with van der Waals surface area (Å²) in [6.07, 6.45) is 4.28. The zero-order chi connectivity index (χ0) is 8.27. The third-order valence-corrected chi connectivity index (χ3v) is 2.20. The van der Waals surface area contributed by atoms with Crippen molar-refractivity contribution in [1.29, 1.82) is 0 Å². The van der Waals surface area contributed by atoms with Gasteiger partial charge in [-0.3, -0.25) is 0 Å². The minimum absolute atomic E-state index is 0.341. The van der Waals surface area contributed by atoms with Crippen molar-refractivity contribution in [2.24, 2.45) is 0 Å². The molecule has 1 aliphatic rings. The molecule has 0 aromatic rings. The standard InChI is InChI=1S/C8H12BrNO/c1-2-8(11)7-4-3-6(9)5-10-7/h3-4,8,10-11H,2,5H2,1H3. The van der Waals surface area contributed by atoms with Gasteiger partial charge in [0.1, 0.15) is 0 Å². The molecule has 3 heteroatoms. The molecule has 2 N–H and O–H groups in total. The predicted octanol–water partition coefficient (Wildman–Crippen LogP) is 1.52. The average molecular weight is 218 g/mol. The third-order valence-electron chi connectivity index (χ3n) is 1.65. The predicted molar refractivity (Wildman–Crippen MR) is 49.4 cm³/mol. The molecule has 1 unspecified atom stereocenters. The maximum absolute atomic E-state index is 9.39. The summed E-state index contributed by atoms with van der Waals surface area (Å²) in [6, 6.07) is 0. The van der Waals surface area contributed by atoms with Crippen molar-refractivity contribution in [3.63, 3.8) is 0 Å². The van der Waals surface area contributed by atoms with E-state index in [0.29, 0.717) is 0 Å². The SMILES string of the molecule is CCC(O)C1=CC=C(Br)CN1. The van der Waals surface area contributed by atoms with Crippen LogP contribution in [0.2, 0.25) is 0 Å². The smallest absolute Gasteiger partial charge is 0.0931 e. The van der Waals surface area contributed by atoms with Crippen LogP contribution in [-0.2, 0) is 0 Å². The van der Waals surface area contributed by atoms with Gasteiger partial charge >= 0.3 is 0 Å². The molecule has 2 nitrogen and oxygen atoms in total. The summed E-state index contributed by atoms with van der Waals surface area (Å²) in [5, 5.41) is 12.5. The molecule has 0 bridgehead atoms. The zero-order valence-electron chi connectivity index (χ0n) is 6.47. The van der Waals surface area contributed by atoms with Crippen LogP contribution in [0.4, 0.5) is 0 Å². The summed E-state index contributed by atoms with van der Waals surface area (Å²) in [7, 11) is 0. The Bertz CT molecular complexity index is 198. The number of hydrogen-bond acceptors (Lipinski definition) is 2. The quantitative estimate of drug-likeness (QED) is 0.736. The van der Waals surface area contributed by atoms with Gasteiger partial charge in [-0.05, 0) is 18.6 Å². The second-order valence-electron chi connectivity index (χ2n) is 2.51. The van der Waals surface area contributed by atoms with E-state index >= 15 is 0 Å². The van der Waals surface area contributed by atoms with Gasteiger partial charge in [0.05, 0.1) is 6.10 Å². The van der Waals surface area contributed by atoms with Gasteiger partial charge in [-0.1, -0.05) is 22.9 Å². The van der Waals surface area contributed by atoms with Crippen LogP contribution in [-0.4, -0.2) is 17.8 Å². The summed E-state index contributed by atoms with van der Waals surface area (Å²) >= 11 is 3.36. The number of aliphatic hydroxyl groups excluding tert-OH is 1. The van der Waals surface area contributed by atoms with Gasteiger partial charge in [-0.15, -0.1) is 0 Å². The monoisotopic (exact) mass is 217 g/mol. The molecule has 62 valence electrons. The minimum atomic E-state index is -0.341. The molecule has 0 saturated heterocycles. The Hall–Kier alpha value is -0.280. The van der Waals surface area contributed by atoms with Crippen LogP contribution in [0.1, 0.15) is 13.3 Å². The van der Waals surface area contributed by atoms with Crippen LogP contribution in [0.15, 0.2) is 22.3 Å². The van der Waals surface area contributed by atoms with Crippen LogP contribution in [0.25, 0.3) is 0 Å². The van der Waals surface area contributed by atoms with E-state index in [0.717, 1.165) is 23.1 Å². The second kappa shape index (κ2) is 3.93. The fraction of sp³-hybridized carbons (Fsp3) is 0.500. The van der Waals surface area contributed by atoms with E-state index in [-0.39, 0.29) is 6.10 Å². The molecule has 1 heterocycles. The van der Waals surface area contributed by atoms with E-state index < -0.39 is 0 Å². The van der Waals surface area contributed by atoms with Crippen molar-refractivity contribution in [1.82, 2.24) is 5.32 Å². The van der Waals surface area contributed by atoms with Crippen LogP contribution in [0, 0.1) is 0 Å². The summed E-state index contributed by atoms with van der Waals surface area (Å²) in [5.41, 5.74) is 0.913. The van der Waals surface area contributed by atoms with Crippen LogP contribution in [0.5, 0.6) is 0 Å². The lowest BCUT2D eigenvalue weighted by Gasteiger charge is -2.18. The van der Waals surface area contributed by atoms with E-state index in [4.69, 9.17) is 0 Å². The third kappa shape index (κ3) is 2.34. The van der Waals surface area contributed by atoms with Crippen LogP contribution < -0.4 is 5.32 Å². The average Bonchev–Trinajstić information content (AvgIpc) is 2.05. The first-order valence-electron chi connectivity index (χ1n) is 3.72. The van der Waals surface area contributed by atoms with Gasteiger partial charge in [0.25, 0.3) is 0 Å². The molecule has 1 rings (SSSR count). The summed E-state index contributed by atoms with van der Waals surface area (Å²) < 4.78 is 1.12. The molecule has 0 amide bonds. The second-order valence-corrected chi connectivity index (χ2v) is 3.53.